The van der Waals surface area contributed by atoms with E-state index in [0.29, 0.717) is 5.92 Å². The molecule has 0 aliphatic heterocycles. The third kappa shape index (κ3) is 3.94. The summed E-state index contributed by atoms with van der Waals surface area (Å²) in [5.41, 5.74) is 1.35. The van der Waals surface area contributed by atoms with E-state index >= 15 is 0 Å². The fourth-order valence-electron chi connectivity index (χ4n) is 3.20. The fourth-order valence-corrected chi connectivity index (χ4v) is 4.57. The van der Waals surface area contributed by atoms with Crippen molar-refractivity contribution in [3.05, 3.63) is 35.6 Å². The van der Waals surface area contributed by atoms with Gasteiger partial charge in [-0.3, -0.25) is 0 Å². The molecule has 0 bridgehead atoms. The number of hydrogen-bond acceptors (Lipinski definition) is 0. The van der Waals surface area contributed by atoms with Crippen LogP contribution in [0, 0.1) is 11.7 Å². The van der Waals surface area contributed by atoms with Gasteiger partial charge in [-0.2, -0.15) is 0 Å². The van der Waals surface area contributed by atoms with E-state index in [2.05, 4.69) is 6.92 Å². The van der Waals surface area contributed by atoms with Crippen LogP contribution in [0.3, 0.4) is 0 Å². The molecule has 1 aliphatic rings. The normalized spacial score (nSPS) is 24.8. The summed E-state index contributed by atoms with van der Waals surface area (Å²) in [6.07, 6.45) is 6.88. The van der Waals surface area contributed by atoms with Gasteiger partial charge in [-0.05, 0) is 55.2 Å². The van der Waals surface area contributed by atoms with Crippen LogP contribution in [-0.4, -0.2) is 9.52 Å². The monoisotopic (exact) mass is 264 g/mol. The van der Waals surface area contributed by atoms with Crippen molar-refractivity contribution < 1.29 is 4.39 Å². The topological polar surface area (TPSA) is 0 Å². The lowest BCUT2D eigenvalue weighted by molar-refractivity contribution is 0.318. The molecule has 0 N–H and O–H groups in total. The van der Waals surface area contributed by atoms with Gasteiger partial charge in [-0.25, -0.2) is 4.39 Å². The molecule has 0 radical (unpaired) electrons. The summed E-state index contributed by atoms with van der Waals surface area (Å²) in [6, 6.07) is 10.2. The maximum Gasteiger partial charge on any atom is 0.123 e. The van der Waals surface area contributed by atoms with Crippen LogP contribution in [0.1, 0.15) is 50.5 Å². The second-order valence-corrected chi connectivity index (χ2v) is 8.18. The van der Waals surface area contributed by atoms with Crippen molar-refractivity contribution in [3.63, 3.8) is 0 Å². The van der Waals surface area contributed by atoms with Crippen molar-refractivity contribution in [1.82, 2.24) is 0 Å². The van der Waals surface area contributed by atoms with Crippen LogP contribution in [0.2, 0.25) is 12.1 Å². The summed E-state index contributed by atoms with van der Waals surface area (Å²) >= 11 is 0. The largest absolute Gasteiger partial charge is 0.207 e. The van der Waals surface area contributed by atoms with Crippen LogP contribution < -0.4 is 0 Å². The van der Waals surface area contributed by atoms with Crippen molar-refractivity contribution in [1.29, 1.82) is 0 Å². The van der Waals surface area contributed by atoms with E-state index in [-0.39, 0.29) is 15.3 Å². The van der Waals surface area contributed by atoms with E-state index in [9.17, 15) is 4.39 Å². The van der Waals surface area contributed by atoms with Gasteiger partial charge in [-0.1, -0.05) is 37.6 Å². The van der Waals surface area contributed by atoms with Crippen molar-refractivity contribution in [3.8, 4) is 0 Å². The van der Waals surface area contributed by atoms with Crippen molar-refractivity contribution in [2.75, 3.05) is 0 Å². The first-order valence-electron chi connectivity index (χ1n) is 7.55. The lowest BCUT2D eigenvalue weighted by Gasteiger charge is -2.28. The molecule has 0 amide bonds. The fraction of sp³-hybridized carbons (Fsp3) is 0.625. The minimum absolute atomic E-state index is 0.114. The standard InChI is InChI=1S/C16H25FSi/c1-2-18-12-11-13-3-5-14(6-4-13)15-7-9-16(17)10-8-15/h7-10,13-14H,2-6,11-12,18H2,1H3. The van der Waals surface area contributed by atoms with E-state index in [1.54, 1.807) is 18.2 Å². The van der Waals surface area contributed by atoms with Crippen LogP contribution >= 0.6 is 0 Å². The van der Waals surface area contributed by atoms with Crippen molar-refractivity contribution >= 4 is 9.52 Å². The summed E-state index contributed by atoms with van der Waals surface area (Å²) in [5.74, 6) is 1.56. The van der Waals surface area contributed by atoms with Crippen LogP contribution in [0.4, 0.5) is 4.39 Å². The van der Waals surface area contributed by atoms with E-state index in [0.717, 1.165) is 5.92 Å². The highest BCUT2D eigenvalue weighted by Crippen LogP contribution is 2.37. The van der Waals surface area contributed by atoms with Crippen LogP contribution in [0.5, 0.6) is 0 Å². The Kier molecular flexibility index (Phi) is 5.42. The molecule has 0 saturated heterocycles. The van der Waals surface area contributed by atoms with Gasteiger partial charge in [0.1, 0.15) is 5.82 Å². The average Bonchev–Trinajstić information content (AvgIpc) is 2.41. The molecule has 0 heterocycles. The third-order valence-corrected chi connectivity index (χ3v) is 6.02. The summed E-state index contributed by atoms with van der Waals surface area (Å²) in [6.45, 7) is 2.33. The molecule has 1 saturated carbocycles. The van der Waals surface area contributed by atoms with Gasteiger partial charge in [0.2, 0.25) is 0 Å². The Bertz CT molecular complexity index is 339. The smallest absolute Gasteiger partial charge is 0.123 e. The minimum atomic E-state index is -0.114. The van der Waals surface area contributed by atoms with Gasteiger partial charge in [0.25, 0.3) is 0 Å². The molecule has 0 atom stereocenters. The zero-order chi connectivity index (χ0) is 12.8. The maximum absolute atomic E-state index is 12.9. The van der Waals surface area contributed by atoms with Gasteiger partial charge in [0.15, 0.2) is 0 Å². The van der Waals surface area contributed by atoms with E-state index in [1.165, 1.54) is 43.7 Å². The second kappa shape index (κ2) is 7.08. The molecule has 1 aromatic carbocycles. The number of halogens is 1. The maximum atomic E-state index is 12.9. The molecule has 2 rings (SSSR count). The zero-order valence-electron chi connectivity index (χ0n) is 11.5. The van der Waals surface area contributed by atoms with Crippen LogP contribution in [0.15, 0.2) is 24.3 Å². The Morgan fingerprint density at radius 2 is 1.78 bits per heavy atom. The highest BCUT2D eigenvalue weighted by atomic mass is 28.2. The molecular formula is C16H25FSi. The molecule has 0 aromatic heterocycles. The van der Waals surface area contributed by atoms with E-state index < -0.39 is 0 Å². The minimum Gasteiger partial charge on any atom is -0.207 e. The molecule has 2 heteroatoms. The number of hydrogen-bond donors (Lipinski definition) is 0. The highest BCUT2D eigenvalue weighted by molar-refractivity contribution is 6.35. The van der Waals surface area contributed by atoms with Gasteiger partial charge in [-0.15, -0.1) is 0 Å². The Morgan fingerprint density at radius 1 is 1.11 bits per heavy atom. The summed E-state index contributed by atoms with van der Waals surface area (Å²) in [5, 5.41) is 0. The van der Waals surface area contributed by atoms with Gasteiger partial charge >= 0.3 is 0 Å². The predicted molar refractivity (Wildman–Crippen MR) is 79.5 cm³/mol. The molecular weight excluding hydrogens is 239 g/mol. The zero-order valence-corrected chi connectivity index (χ0v) is 12.9. The molecule has 1 fully saturated rings. The lowest BCUT2D eigenvalue weighted by atomic mass is 9.78. The molecule has 100 valence electrons. The van der Waals surface area contributed by atoms with E-state index in [4.69, 9.17) is 0 Å². The molecule has 18 heavy (non-hydrogen) atoms. The Labute approximate surface area is 113 Å². The third-order valence-electron chi connectivity index (χ3n) is 4.40. The molecule has 0 nitrogen and oxygen atoms in total. The Hall–Kier alpha value is -0.633. The van der Waals surface area contributed by atoms with Crippen LogP contribution in [-0.2, 0) is 0 Å². The Morgan fingerprint density at radius 3 is 2.39 bits per heavy atom. The van der Waals surface area contributed by atoms with Gasteiger partial charge < -0.3 is 0 Å². The lowest BCUT2D eigenvalue weighted by Crippen LogP contribution is -2.13. The summed E-state index contributed by atoms with van der Waals surface area (Å²) in [4.78, 5) is 0. The van der Waals surface area contributed by atoms with E-state index in [1.807, 2.05) is 12.1 Å². The average molecular weight is 264 g/mol. The van der Waals surface area contributed by atoms with Gasteiger partial charge in [0.05, 0.1) is 0 Å². The first-order valence-corrected chi connectivity index (χ1v) is 9.55. The summed E-state index contributed by atoms with van der Waals surface area (Å²) < 4.78 is 12.9. The summed E-state index contributed by atoms with van der Waals surface area (Å²) in [7, 11) is 0.267. The second-order valence-electron chi connectivity index (χ2n) is 5.76. The van der Waals surface area contributed by atoms with Crippen molar-refractivity contribution in [2.45, 2.75) is 57.0 Å². The SMILES string of the molecule is CC[SiH2]CCC1CCC(c2ccc(F)cc2)CC1. The number of benzene rings is 1. The highest BCUT2D eigenvalue weighted by Gasteiger charge is 2.21. The Balaban J connectivity index is 1.77. The molecule has 0 spiro atoms. The predicted octanol–water partition coefficient (Wildman–Crippen LogP) is 4.51. The first-order chi connectivity index (χ1) is 8.79. The number of rotatable bonds is 5. The first kappa shape index (κ1) is 13.8. The van der Waals surface area contributed by atoms with Crippen LogP contribution in [0.25, 0.3) is 0 Å². The van der Waals surface area contributed by atoms with Crippen molar-refractivity contribution in [2.24, 2.45) is 5.92 Å². The quantitative estimate of drug-likeness (QED) is 0.542. The van der Waals surface area contributed by atoms with Gasteiger partial charge in [0, 0.05) is 9.52 Å². The molecule has 1 aromatic rings. The molecule has 0 unspecified atom stereocenters. The molecule has 1 aliphatic carbocycles.